The minimum atomic E-state index is -4.20. The molecule has 11 heteroatoms. The summed E-state index contributed by atoms with van der Waals surface area (Å²) in [5.74, 6) is -0.818. The van der Waals surface area contributed by atoms with Gasteiger partial charge in [-0.05, 0) is 98.3 Å². The third-order valence-electron chi connectivity index (χ3n) is 7.90. The number of nitrogens with one attached hydrogen (secondary N) is 1. The summed E-state index contributed by atoms with van der Waals surface area (Å²) in [6, 6.07) is 15.2. The van der Waals surface area contributed by atoms with Gasteiger partial charge in [0, 0.05) is 27.7 Å². The lowest BCUT2D eigenvalue weighted by molar-refractivity contribution is -0.140. The van der Waals surface area contributed by atoms with Crippen LogP contribution in [0.4, 0.5) is 5.69 Å². The zero-order valence-electron chi connectivity index (χ0n) is 24.4. The van der Waals surface area contributed by atoms with Crippen molar-refractivity contribution in [2.24, 2.45) is 0 Å². The Kier molecular flexibility index (Phi) is 11.0. The maximum Gasteiger partial charge on any atom is 0.264 e. The quantitative estimate of drug-likeness (QED) is 0.233. The van der Waals surface area contributed by atoms with Crippen LogP contribution < -0.4 is 9.62 Å². The molecule has 0 aromatic heterocycles. The third-order valence-corrected chi connectivity index (χ3v) is 10.5. The van der Waals surface area contributed by atoms with Crippen LogP contribution in [0.2, 0.25) is 15.1 Å². The van der Waals surface area contributed by atoms with Gasteiger partial charge in [0.05, 0.1) is 10.6 Å². The zero-order valence-corrected chi connectivity index (χ0v) is 27.5. The molecule has 1 fully saturated rings. The second kappa shape index (κ2) is 14.3. The number of nitrogens with zero attached hydrogens (tertiary/aromatic N) is 2. The first-order chi connectivity index (χ1) is 20.4. The molecule has 0 radical (unpaired) electrons. The molecule has 1 N–H and O–H groups in total. The fraction of sp³-hybridized carbons (Fsp3) is 0.375. The van der Waals surface area contributed by atoms with Crippen LogP contribution in [-0.2, 0) is 26.2 Å². The summed E-state index contributed by atoms with van der Waals surface area (Å²) in [7, 11) is -4.20. The van der Waals surface area contributed by atoms with Crippen LogP contribution in [0.1, 0.15) is 55.7 Å². The normalized spacial score (nSPS) is 14.4. The van der Waals surface area contributed by atoms with Crippen LogP contribution in [0.15, 0.2) is 65.6 Å². The average Bonchev–Trinajstić information content (AvgIpc) is 3.47. The molecule has 3 aromatic carbocycles. The van der Waals surface area contributed by atoms with Gasteiger partial charge in [-0.3, -0.25) is 13.9 Å². The molecule has 1 aliphatic rings. The van der Waals surface area contributed by atoms with E-state index in [9.17, 15) is 18.0 Å². The van der Waals surface area contributed by atoms with Gasteiger partial charge in [-0.1, -0.05) is 66.7 Å². The first kappa shape index (κ1) is 33.1. The lowest BCUT2D eigenvalue weighted by Crippen LogP contribution is -2.53. The van der Waals surface area contributed by atoms with E-state index in [0.29, 0.717) is 32.7 Å². The van der Waals surface area contributed by atoms with Crippen LogP contribution in [0, 0.1) is 13.8 Å². The summed E-state index contributed by atoms with van der Waals surface area (Å²) in [6.45, 7) is 5.09. The summed E-state index contributed by atoms with van der Waals surface area (Å²) in [4.78, 5) is 29.3. The van der Waals surface area contributed by atoms with Gasteiger partial charge in [0.15, 0.2) is 0 Å². The molecule has 0 spiro atoms. The highest BCUT2D eigenvalue weighted by Gasteiger charge is 2.35. The van der Waals surface area contributed by atoms with Crippen molar-refractivity contribution in [1.29, 1.82) is 0 Å². The van der Waals surface area contributed by atoms with E-state index >= 15 is 0 Å². The largest absolute Gasteiger partial charge is 0.352 e. The fourth-order valence-electron chi connectivity index (χ4n) is 5.26. The molecule has 43 heavy (non-hydrogen) atoms. The molecule has 2 amide bonds. The number of aryl methyl sites for hydroxylation is 2. The van der Waals surface area contributed by atoms with Crippen LogP contribution in [0.3, 0.4) is 0 Å². The second-order valence-corrected chi connectivity index (χ2v) is 14.0. The van der Waals surface area contributed by atoms with Crippen molar-refractivity contribution in [1.82, 2.24) is 10.2 Å². The average molecular weight is 665 g/mol. The number of amides is 2. The Balaban J connectivity index is 1.75. The SMILES string of the molecule is CCC(C(=O)NC1CCCC1)N(Cc1ccc(Cl)cc1Cl)C(=O)CN(c1ccc(C)c(C)c1)S(=O)(=O)c1ccc(Cl)cc1. The second-order valence-electron chi connectivity index (χ2n) is 10.9. The molecule has 0 saturated heterocycles. The molecule has 1 aliphatic carbocycles. The Morgan fingerprint density at radius 2 is 1.56 bits per heavy atom. The van der Waals surface area contributed by atoms with Gasteiger partial charge in [0.2, 0.25) is 11.8 Å². The van der Waals surface area contributed by atoms with Gasteiger partial charge < -0.3 is 10.2 Å². The molecule has 4 rings (SSSR count). The van der Waals surface area contributed by atoms with Crippen molar-refractivity contribution >= 4 is 62.3 Å². The Morgan fingerprint density at radius 1 is 0.907 bits per heavy atom. The Morgan fingerprint density at radius 3 is 2.16 bits per heavy atom. The van der Waals surface area contributed by atoms with Gasteiger partial charge in [-0.2, -0.15) is 0 Å². The van der Waals surface area contributed by atoms with E-state index in [1.807, 2.05) is 26.8 Å². The van der Waals surface area contributed by atoms with E-state index in [0.717, 1.165) is 41.1 Å². The highest BCUT2D eigenvalue weighted by atomic mass is 35.5. The summed E-state index contributed by atoms with van der Waals surface area (Å²) >= 11 is 18.7. The van der Waals surface area contributed by atoms with Crippen LogP contribution in [0.5, 0.6) is 0 Å². The van der Waals surface area contributed by atoms with E-state index in [1.54, 1.807) is 30.3 Å². The van der Waals surface area contributed by atoms with Crippen molar-refractivity contribution in [3.05, 3.63) is 92.4 Å². The van der Waals surface area contributed by atoms with Crippen molar-refractivity contribution in [2.75, 3.05) is 10.8 Å². The Labute approximate surface area is 269 Å². The number of benzene rings is 3. The lowest BCUT2D eigenvalue weighted by atomic mass is 10.1. The number of hydrogen-bond acceptors (Lipinski definition) is 4. The molecule has 1 unspecified atom stereocenters. The maximum atomic E-state index is 14.3. The molecule has 0 bridgehead atoms. The minimum Gasteiger partial charge on any atom is -0.352 e. The van der Waals surface area contributed by atoms with E-state index in [1.165, 1.54) is 29.2 Å². The summed E-state index contributed by atoms with van der Waals surface area (Å²) in [5, 5.41) is 4.27. The number of carbonyl (C=O) groups is 2. The van der Waals surface area contributed by atoms with Crippen molar-refractivity contribution < 1.29 is 18.0 Å². The van der Waals surface area contributed by atoms with Gasteiger partial charge in [-0.15, -0.1) is 0 Å². The molecule has 0 aliphatic heterocycles. The number of carbonyl (C=O) groups excluding carboxylic acids is 2. The van der Waals surface area contributed by atoms with Gasteiger partial charge >= 0.3 is 0 Å². The number of sulfonamides is 1. The molecule has 1 atom stereocenters. The Hall–Kier alpha value is -2.78. The molecule has 3 aromatic rings. The maximum absolute atomic E-state index is 14.3. The smallest absolute Gasteiger partial charge is 0.264 e. The van der Waals surface area contributed by atoms with E-state index < -0.39 is 28.5 Å². The Bertz CT molecular complexity index is 1580. The molecule has 7 nitrogen and oxygen atoms in total. The van der Waals surface area contributed by atoms with Gasteiger partial charge in [0.1, 0.15) is 12.6 Å². The van der Waals surface area contributed by atoms with Crippen molar-refractivity contribution in [3.63, 3.8) is 0 Å². The summed E-state index contributed by atoms with van der Waals surface area (Å²) in [6.07, 6.45) is 4.18. The zero-order chi connectivity index (χ0) is 31.3. The predicted octanol–water partition coefficient (Wildman–Crippen LogP) is 7.33. The molecule has 1 saturated carbocycles. The lowest BCUT2D eigenvalue weighted by Gasteiger charge is -2.34. The number of anilines is 1. The highest BCUT2D eigenvalue weighted by molar-refractivity contribution is 7.92. The fourth-order valence-corrected chi connectivity index (χ4v) is 7.26. The predicted molar refractivity (Wildman–Crippen MR) is 173 cm³/mol. The van der Waals surface area contributed by atoms with E-state index in [2.05, 4.69) is 5.32 Å². The van der Waals surface area contributed by atoms with E-state index in [-0.39, 0.29) is 23.4 Å². The first-order valence-corrected chi connectivity index (χ1v) is 16.9. The highest BCUT2D eigenvalue weighted by Crippen LogP contribution is 2.29. The van der Waals surface area contributed by atoms with Crippen LogP contribution in [0.25, 0.3) is 0 Å². The topological polar surface area (TPSA) is 86.8 Å². The van der Waals surface area contributed by atoms with Crippen LogP contribution >= 0.6 is 34.8 Å². The van der Waals surface area contributed by atoms with Crippen molar-refractivity contribution in [2.45, 2.75) is 76.4 Å². The molecule has 0 heterocycles. The number of halogens is 3. The monoisotopic (exact) mass is 663 g/mol. The first-order valence-electron chi connectivity index (χ1n) is 14.3. The minimum absolute atomic E-state index is 0.00676. The standard InChI is InChI=1S/C32H36Cl3N3O4S/c1-4-30(32(40)36-26-7-5-6-8-26)37(19-23-10-11-25(34)18-29(23)35)31(39)20-38(27-14-9-21(2)22(3)17-27)43(41,42)28-15-12-24(33)13-16-28/h9-18,26,30H,4-8,19-20H2,1-3H3,(H,36,40). The molecular formula is C32H36Cl3N3O4S. The van der Waals surface area contributed by atoms with Gasteiger partial charge in [0.25, 0.3) is 10.0 Å². The summed E-state index contributed by atoms with van der Waals surface area (Å²) in [5.41, 5.74) is 2.77. The number of hydrogen-bond donors (Lipinski definition) is 1. The van der Waals surface area contributed by atoms with Crippen LogP contribution in [-0.4, -0.2) is 43.8 Å². The third kappa shape index (κ3) is 8.04. The van der Waals surface area contributed by atoms with Crippen molar-refractivity contribution in [3.8, 4) is 0 Å². The molecular weight excluding hydrogens is 629 g/mol. The summed E-state index contributed by atoms with van der Waals surface area (Å²) < 4.78 is 29.2. The van der Waals surface area contributed by atoms with Gasteiger partial charge in [-0.25, -0.2) is 8.42 Å². The molecule has 230 valence electrons. The van der Waals surface area contributed by atoms with E-state index in [4.69, 9.17) is 34.8 Å². The number of rotatable bonds is 11.